The number of ether oxygens (including phenoxy) is 3. The van der Waals surface area contributed by atoms with Gasteiger partial charge in [0, 0.05) is 17.6 Å². The molecular formula is C20H21ClN2O5. The van der Waals surface area contributed by atoms with E-state index in [2.05, 4.69) is 5.32 Å². The first-order chi connectivity index (χ1) is 13.5. The fraction of sp³-hybridized carbons (Fsp3) is 0.300. The maximum atomic E-state index is 12.3. The number of rotatable bonds is 7. The molecule has 148 valence electrons. The van der Waals surface area contributed by atoms with E-state index in [4.69, 9.17) is 25.8 Å². The zero-order valence-corrected chi connectivity index (χ0v) is 16.4. The Morgan fingerprint density at radius 1 is 1.18 bits per heavy atom. The van der Waals surface area contributed by atoms with E-state index < -0.39 is 0 Å². The molecule has 2 aromatic carbocycles. The predicted molar refractivity (Wildman–Crippen MR) is 106 cm³/mol. The van der Waals surface area contributed by atoms with Gasteiger partial charge in [0.2, 0.25) is 5.91 Å². The molecule has 0 radical (unpaired) electrons. The smallest absolute Gasteiger partial charge is 0.265 e. The van der Waals surface area contributed by atoms with Crippen LogP contribution in [-0.2, 0) is 16.0 Å². The Labute approximate surface area is 168 Å². The summed E-state index contributed by atoms with van der Waals surface area (Å²) >= 11 is 5.95. The number of nitrogens with zero attached hydrogens (tertiary/aromatic N) is 1. The standard InChI is InChI=1S/C20H21ClN2O5/c1-26-16-6-3-13(9-18(16)27-2)7-8-22-19(24)11-23-15-5-4-14(21)10-17(15)28-12-20(23)25/h3-6,9-10H,7-8,11-12H2,1-2H3,(H,22,24). The second-order valence-electron chi connectivity index (χ2n) is 6.17. The van der Waals surface area contributed by atoms with Gasteiger partial charge in [-0.1, -0.05) is 17.7 Å². The number of anilines is 1. The Balaban J connectivity index is 1.57. The topological polar surface area (TPSA) is 77.1 Å². The lowest BCUT2D eigenvalue weighted by atomic mass is 10.1. The van der Waals surface area contributed by atoms with Gasteiger partial charge in [0.25, 0.3) is 5.91 Å². The molecule has 3 rings (SSSR count). The zero-order valence-electron chi connectivity index (χ0n) is 15.7. The highest BCUT2D eigenvalue weighted by molar-refractivity contribution is 6.30. The van der Waals surface area contributed by atoms with Gasteiger partial charge in [-0.25, -0.2) is 0 Å². The molecule has 0 spiro atoms. The van der Waals surface area contributed by atoms with Gasteiger partial charge in [-0.05, 0) is 36.2 Å². The van der Waals surface area contributed by atoms with Crippen molar-refractivity contribution in [3.8, 4) is 17.2 Å². The van der Waals surface area contributed by atoms with Crippen LogP contribution in [0.3, 0.4) is 0 Å². The molecule has 0 saturated heterocycles. The number of hydrogen-bond donors (Lipinski definition) is 1. The van der Waals surface area contributed by atoms with Crippen LogP contribution in [0.4, 0.5) is 5.69 Å². The summed E-state index contributed by atoms with van der Waals surface area (Å²) < 4.78 is 15.9. The van der Waals surface area contributed by atoms with Crippen LogP contribution in [0.1, 0.15) is 5.56 Å². The SMILES string of the molecule is COc1ccc(CCNC(=O)CN2C(=O)COc3cc(Cl)ccc32)cc1OC. The monoisotopic (exact) mass is 404 g/mol. The first kappa shape index (κ1) is 19.8. The van der Waals surface area contributed by atoms with Gasteiger partial charge in [-0.2, -0.15) is 0 Å². The number of halogens is 1. The van der Waals surface area contributed by atoms with Crippen molar-refractivity contribution in [1.29, 1.82) is 0 Å². The summed E-state index contributed by atoms with van der Waals surface area (Å²) in [6.45, 7) is 0.231. The number of hydrogen-bond acceptors (Lipinski definition) is 5. The van der Waals surface area contributed by atoms with E-state index in [0.717, 1.165) is 5.56 Å². The second-order valence-corrected chi connectivity index (χ2v) is 6.61. The molecule has 0 bridgehead atoms. The van der Waals surface area contributed by atoms with E-state index in [-0.39, 0.29) is 25.0 Å². The molecule has 0 fully saturated rings. The van der Waals surface area contributed by atoms with E-state index in [1.165, 1.54) is 4.90 Å². The Morgan fingerprint density at radius 3 is 2.71 bits per heavy atom. The molecule has 1 N–H and O–H groups in total. The highest BCUT2D eigenvalue weighted by Gasteiger charge is 2.27. The highest BCUT2D eigenvalue weighted by Crippen LogP contribution is 2.34. The Kier molecular flexibility index (Phi) is 6.26. The minimum Gasteiger partial charge on any atom is -0.493 e. The number of nitrogens with one attached hydrogen (secondary N) is 1. The highest BCUT2D eigenvalue weighted by atomic mass is 35.5. The van der Waals surface area contributed by atoms with Crippen LogP contribution >= 0.6 is 11.6 Å². The molecular weight excluding hydrogens is 384 g/mol. The van der Waals surface area contributed by atoms with Gasteiger partial charge < -0.3 is 19.5 Å². The van der Waals surface area contributed by atoms with Gasteiger partial charge in [0.15, 0.2) is 18.1 Å². The lowest BCUT2D eigenvalue weighted by Gasteiger charge is -2.28. The molecule has 0 unspecified atom stereocenters. The molecule has 0 saturated carbocycles. The van der Waals surface area contributed by atoms with Crippen molar-refractivity contribution in [3.05, 3.63) is 47.0 Å². The molecule has 1 aliphatic rings. The van der Waals surface area contributed by atoms with Crippen molar-refractivity contribution >= 4 is 29.1 Å². The van der Waals surface area contributed by atoms with Crippen LogP contribution in [0.25, 0.3) is 0 Å². The maximum absolute atomic E-state index is 12.3. The van der Waals surface area contributed by atoms with Crippen molar-refractivity contribution in [3.63, 3.8) is 0 Å². The Hall–Kier alpha value is -2.93. The molecule has 2 aromatic rings. The molecule has 8 heteroatoms. The molecule has 0 atom stereocenters. The van der Waals surface area contributed by atoms with Crippen LogP contribution in [0.5, 0.6) is 17.2 Å². The quantitative estimate of drug-likeness (QED) is 0.767. The summed E-state index contributed by atoms with van der Waals surface area (Å²) in [5.74, 6) is 1.26. The summed E-state index contributed by atoms with van der Waals surface area (Å²) in [5, 5.41) is 3.34. The number of benzene rings is 2. The molecule has 2 amide bonds. The lowest BCUT2D eigenvalue weighted by molar-refractivity contribution is -0.125. The van der Waals surface area contributed by atoms with Crippen molar-refractivity contribution in [1.82, 2.24) is 5.32 Å². The Bertz CT molecular complexity index is 887. The number of amides is 2. The molecule has 0 aromatic heterocycles. The number of fused-ring (bicyclic) bond motifs is 1. The summed E-state index contributed by atoms with van der Waals surface area (Å²) in [5.41, 5.74) is 1.54. The third kappa shape index (κ3) is 4.48. The van der Waals surface area contributed by atoms with Crippen LogP contribution in [0, 0.1) is 0 Å². The van der Waals surface area contributed by atoms with Gasteiger partial charge in [0.05, 0.1) is 19.9 Å². The van der Waals surface area contributed by atoms with Crippen molar-refractivity contribution in [2.45, 2.75) is 6.42 Å². The fourth-order valence-corrected chi connectivity index (χ4v) is 3.10. The lowest BCUT2D eigenvalue weighted by Crippen LogP contribution is -2.45. The van der Waals surface area contributed by atoms with Crippen LogP contribution in [-0.4, -0.2) is 45.7 Å². The van der Waals surface area contributed by atoms with Crippen LogP contribution < -0.4 is 24.4 Å². The third-order valence-corrected chi connectivity index (χ3v) is 4.59. The predicted octanol–water partition coefficient (Wildman–Crippen LogP) is 2.44. The summed E-state index contributed by atoms with van der Waals surface area (Å²) in [7, 11) is 3.16. The summed E-state index contributed by atoms with van der Waals surface area (Å²) in [4.78, 5) is 25.9. The van der Waals surface area contributed by atoms with Gasteiger partial charge in [-0.15, -0.1) is 0 Å². The summed E-state index contributed by atoms with van der Waals surface area (Å²) in [6, 6.07) is 10.6. The van der Waals surface area contributed by atoms with Gasteiger partial charge in [0.1, 0.15) is 12.3 Å². The number of methoxy groups -OCH3 is 2. The first-order valence-corrected chi connectivity index (χ1v) is 9.10. The minimum absolute atomic E-state index is 0.0806. The van der Waals surface area contributed by atoms with Gasteiger partial charge >= 0.3 is 0 Å². The van der Waals surface area contributed by atoms with E-state index in [1.54, 1.807) is 32.4 Å². The minimum atomic E-state index is -0.273. The van der Waals surface area contributed by atoms with E-state index in [1.807, 2.05) is 18.2 Å². The van der Waals surface area contributed by atoms with E-state index in [9.17, 15) is 9.59 Å². The average Bonchev–Trinajstić information content (AvgIpc) is 2.70. The number of carbonyl (C=O) groups is 2. The molecule has 1 aliphatic heterocycles. The van der Waals surface area contributed by atoms with E-state index in [0.29, 0.717) is 40.9 Å². The normalized spacial score (nSPS) is 12.8. The molecule has 0 aliphatic carbocycles. The molecule has 28 heavy (non-hydrogen) atoms. The second kappa shape index (κ2) is 8.84. The third-order valence-electron chi connectivity index (χ3n) is 4.35. The maximum Gasteiger partial charge on any atom is 0.265 e. The first-order valence-electron chi connectivity index (χ1n) is 8.72. The van der Waals surface area contributed by atoms with Crippen molar-refractivity contribution in [2.75, 3.05) is 38.8 Å². The molecule has 7 nitrogen and oxygen atoms in total. The van der Waals surface area contributed by atoms with Crippen LogP contribution in [0.2, 0.25) is 5.02 Å². The van der Waals surface area contributed by atoms with Crippen molar-refractivity contribution in [2.24, 2.45) is 0 Å². The van der Waals surface area contributed by atoms with Crippen LogP contribution in [0.15, 0.2) is 36.4 Å². The molecule has 1 heterocycles. The largest absolute Gasteiger partial charge is 0.493 e. The fourth-order valence-electron chi connectivity index (χ4n) is 2.93. The van der Waals surface area contributed by atoms with Gasteiger partial charge in [-0.3, -0.25) is 14.5 Å². The number of carbonyl (C=O) groups excluding carboxylic acids is 2. The Morgan fingerprint density at radius 2 is 1.96 bits per heavy atom. The van der Waals surface area contributed by atoms with Crippen molar-refractivity contribution < 1.29 is 23.8 Å². The van der Waals surface area contributed by atoms with E-state index >= 15 is 0 Å². The zero-order chi connectivity index (χ0) is 20.1. The average molecular weight is 405 g/mol. The summed E-state index contributed by atoms with van der Waals surface area (Å²) in [6.07, 6.45) is 0.620.